The van der Waals surface area contributed by atoms with Crippen molar-refractivity contribution in [3.63, 3.8) is 0 Å². The third-order valence-corrected chi connectivity index (χ3v) is 5.77. The second-order valence-corrected chi connectivity index (χ2v) is 8.20. The summed E-state index contributed by atoms with van der Waals surface area (Å²) in [7, 11) is 1.43. The van der Waals surface area contributed by atoms with Crippen LogP contribution in [0.3, 0.4) is 0 Å². The molecule has 0 fully saturated rings. The lowest BCUT2D eigenvalue weighted by Gasteiger charge is -2.18. The van der Waals surface area contributed by atoms with Gasteiger partial charge in [-0.3, -0.25) is 9.59 Å². The molecule has 3 aromatic rings. The molecule has 4 N–H and O–H groups in total. The summed E-state index contributed by atoms with van der Waals surface area (Å²) in [4.78, 5) is 34.8. The summed E-state index contributed by atoms with van der Waals surface area (Å²) in [5.41, 5.74) is -0.565. The number of amides is 2. The molecule has 0 saturated carbocycles. The zero-order valence-corrected chi connectivity index (χ0v) is 21.3. The lowest BCUT2D eigenvalue weighted by Crippen LogP contribution is -2.34. The van der Waals surface area contributed by atoms with E-state index in [9.17, 15) is 22.8 Å². The van der Waals surface area contributed by atoms with Gasteiger partial charge in [0.25, 0.3) is 11.8 Å². The summed E-state index contributed by atoms with van der Waals surface area (Å²) >= 11 is 0. The van der Waals surface area contributed by atoms with E-state index in [2.05, 4.69) is 50.0 Å². The monoisotopic (exact) mass is 529 g/mol. The van der Waals surface area contributed by atoms with E-state index in [1.54, 1.807) is 18.2 Å². The molecule has 12 heteroatoms. The minimum Gasteiger partial charge on any atom is -0.355 e. The third-order valence-electron chi connectivity index (χ3n) is 5.77. The maximum absolute atomic E-state index is 13.7. The molecule has 0 aliphatic heterocycles. The van der Waals surface area contributed by atoms with Crippen LogP contribution in [0, 0.1) is 0 Å². The van der Waals surface area contributed by atoms with Gasteiger partial charge in [-0.15, -0.1) is 0 Å². The van der Waals surface area contributed by atoms with Gasteiger partial charge in [-0.2, -0.15) is 13.2 Å². The molecule has 202 valence electrons. The number of halogens is 3. The SMILES string of the molecule is CCN(CC)CCNC(=O)c1ccc(Nc2cc(Nc3ccccc3C(=O)NC)c(C(F)(F)F)cn2)nc1. The normalized spacial score (nSPS) is 11.2. The molecule has 0 radical (unpaired) electrons. The van der Waals surface area contributed by atoms with Crippen LogP contribution in [0.2, 0.25) is 0 Å². The molecular formula is C26H30F3N7O2. The molecule has 9 nitrogen and oxygen atoms in total. The fraction of sp³-hybridized carbons (Fsp3) is 0.308. The van der Waals surface area contributed by atoms with Gasteiger partial charge in [-0.1, -0.05) is 26.0 Å². The van der Waals surface area contributed by atoms with E-state index in [0.717, 1.165) is 19.6 Å². The number of rotatable bonds is 11. The zero-order chi connectivity index (χ0) is 27.7. The molecule has 2 aromatic heterocycles. The van der Waals surface area contributed by atoms with Crippen molar-refractivity contribution in [2.24, 2.45) is 0 Å². The minimum atomic E-state index is -4.69. The molecule has 3 rings (SSSR count). The number of anilines is 4. The van der Waals surface area contributed by atoms with Gasteiger partial charge >= 0.3 is 6.18 Å². The summed E-state index contributed by atoms with van der Waals surface area (Å²) in [5, 5.41) is 10.9. The van der Waals surface area contributed by atoms with Gasteiger partial charge in [-0.05, 0) is 37.4 Å². The lowest BCUT2D eigenvalue weighted by atomic mass is 10.1. The molecule has 1 aromatic carbocycles. The van der Waals surface area contributed by atoms with Crippen LogP contribution in [-0.2, 0) is 6.18 Å². The average molecular weight is 530 g/mol. The standard InChI is InChI=1S/C26H30F3N7O2/c1-4-36(5-2)13-12-31-24(37)17-10-11-22(32-15-17)35-23-14-21(19(16-33-23)26(27,28)29)34-20-9-7-6-8-18(20)25(38)30-3/h6-11,14-16H,4-5,12-13H2,1-3H3,(H,30,38)(H,31,37)(H2,32,33,34,35). The van der Waals surface area contributed by atoms with Crippen molar-refractivity contribution >= 4 is 34.8 Å². The van der Waals surface area contributed by atoms with Crippen molar-refractivity contribution < 1.29 is 22.8 Å². The van der Waals surface area contributed by atoms with Crippen molar-refractivity contribution in [1.82, 2.24) is 25.5 Å². The Hall–Kier alpha value is -4.19. The first-order valence-electron chi connectivity index (χ1n) is 12.0. The zero-order valence-electron chi connectivity index (χ0n) is 21.3. The molecule has 0 bridgehead atoms. The second-order valence-electron chi connectivity index (χ2n) is 8.20. The van der Waals surface area contributed by atoms with E-state index in [-0.39, 0.29) is 34.5 Å². The fourth-order valence-corrected chi connectivity index (χ4v) is 3.63. The van der Waals surface area contributed by atoms with Crippen LogP contribution in [0.25, 0.3) is 0 Å². The Morgan fingerprint density at radius 1 is 0.895 bits per heavy atom. The molecule has 2 amide bonds. The predicted molar refractivity (Wildman–Crippen MR) is 140 cm³/mol. The summed E-state index contributed by atoms with van der Waals surface area (Å²) in [6, 6.07) is 10.5. The van der Waals surface area contributed by atoms with Crippen molar-refractivity contribution in [2.45, 2.75) is 20.0 Å². The van der Waals surface area contributed by atoms with Crippen molar-refractivity contribution in [1.29, 1.82) is 0 Å². The molecule has 0 aliphatic carbocycles. The number of alkyl halides is 3. The van der Waals surface area contributed by atoms with Crippen LogP contribution in [-0.4, -0.2) is 59.9 Å². The molecule has 0 unspecified atom stereocenters. The van der Waals surface area contributed by atoms with Crippen LogP contribution in [0.15, 0.2) is 54.9 Å². The number of para-hydroxylation sites is 1. The van der Waals surface area contributed by atoms with Crippen molar-refractivity contribution in [3.05, 3.63) is 71.5 Å². The number of hydrogen-bond acceptors (Lipinski definition) is 7. The highest BCUT2D eigenvalue weighted by Crippen LogP contribution is 2.37. The number of benzene rings is 1. The number of pyridine rings is 2. The van der Waals surface area contributed by atoms with E-state index in [1.807, 2.05) is 0 Å². The van der Waals surface area contributed by atoms with Crippen LogP contribution in [0.1, 0.15) is 40.1 Å². The highest BCUT2D eigenvalue weighted by molar-refractivity contribution is 6.00. The predicted octanol–water partition coefficient (Wildman–Crippen LogP) is 4.41. The number of carbonyl (C=O) groups excluding carboxylic acids is 2. The lowest BCUT2D eigenvalue weighted by molar-refractivity contribution is -0.137. The Bertz CT molecular complexity index is 1250. The van der Waals surface area contributed by atoms with Crippen LogP contribution >= 0.6 is 0 Å². The van der Waals surface area contributed by atoms with Gasteiger partial charge in [0.1, 0.15) is 11.6 Å². The van der Waals surface area contributed by atoms with Crippen LogP contribution in [0.5, 0.6) is 0 Å². The first-order chi connectivity index (χ1) is 18.2. The summed E-state index contributed by atoms with van der Waals surface area (Å²) in [5.74, 6) is -0.351. The minimum absolute atomic E-state index is 0.0850. The number of likely N-dealkylation sites (N-methyl/N-ethyl adjacent to an activating group) is 1. The van der Waals surface area contributed by atoms with Gasteiger partial charge in [0.05, 0.1) is 28.1 Å². The maximum atomic E-state index is 13.7. The largest absolute Gasteiger partial charge is 0.419 e. The van der Waals surface area contributed by atoms with Crippen molar-refractivity contribution in [3.8, 4) is 0 Å². The van der Waals surface area contributed by atoms with Crippen LogP contribution < -0.4 is 21.3 Å². The number of nitrogens with zero attached hydrogens (tertiary/aromatic N) is 3. The van der Waals surface area contributed by atoms with E-state index >= 15 is 0 Å². The smallest absolute Gasteiger partial charge is 0.355 e. The molecule has 0 atom stereocenters. The molecular weight excluding hydrogens is 499 g/mol. The first kappa shape index (κ1) is 28.4. The number of hydrogen-bond donors (Lipinski definition) is 4. The topological polar surface area (TPSA) is 111 Å². The van der Waals surface area contributed by atoms with Gasteiger partial charge in [-0.25, -0.2) is 9.97 Å². The van der Waals surface area contributed by atoms with E-state index < -0.39 is 17.6 Å². The summed E-state index contributed by atoms with van der Waals surface area (Å²) in [6.45, 7) is 7.11. The third kappa shape index (κ3) is 7.42. The van der Waals surface area contributed by atoms with E-state index in [0.29, 0.717) is 18.3 Å². The van der Waals surface area contributed by atoms with Gasteiger partial charge in [0.2, 0.25) is 0 Å². The Balaban J connectivity index is 1.77. The number of nitrogens with one attached hydrogen (secondary N) is 4. The maximum Gasteiger partial charge on any atom is 0.419 e. The second kappa shape index (κ2) is 12.9. The fourth-order valence-electron chi connectivity index (χ4n) is 3.63. The highest BCUT2D eigenvalue weighted by Gasteiger charge is 2.34. The first-order valence-corrected chi connectivity index (χ1v) is 12.0. The molecule has 38 heavy (non-hydrogen) atoms. The van der Waals surface area contributed by atoms with E-state index in [4.69, 9.17) is 0 Å². The molecule has 0 aliphatic rings. The van der Waals surface area contributed by atoms with Gasteiger partial charge in [0.15, 0.2) is 0 Å². The van der Waals surface area contributed by atoms with Crippen LogP contribution in [0.4, 0.5) is 36.2 Å². The Morgan fingerprint density at radius 2 is 1.61 bits per heavy atom. The summed E-state index contributed by atoms with van der Waals surface area (Å²) in [6.07, 6.45) is -2.61. The molecule has 2 heterocycles. The highest BCUT2D eigenvalue weighted by atomic mass is 19.4. The van der Waals surface area contributed by atoms with Gasteiger partial charge < -0.3 is 26.2 Å². The number of carbonyl (C=O) groups is 2. The van der Waals surface area contributed by atoms with Crippen molar-refractivity contribution in [2.75, 3.05) is 43.9 Å². The van der Waals surface area contributed by atoms with E-state index in [1.165, 1.54) is 37.5 Å². The average Bonchev–Trinajstić information content (AvgIpc) is 2.91. The molecule has 0 saturated heterocycles. The van der Waals surface area contributed by atoms with Gasteiger partial charge in [0, 0.05) is 38.6 Å². The Morgan fingerprint density at radius 3 is 2.24 bits per heavy atom. The molecule has 0 spiro atoms. The Labute approximate surface area is 218 Å². The number of aromatic nitrogens is 2. The Kier molecular flexibility index (Phi) is 9.61. The summed E-state index contributed by atoms with van der Waals surface area (Å²) < 4.78 is 41.1. The quantitative estimate of drug-likeness (QED) is 0.291.